The molecule has 2 fully saturated rings. The summed E-state index contributed by atoms with van der Waals surface area (Å²) in [4.78, 5) is 4.99. The normalized spacial score (nSPS) is 22.4. The summed E-state index contributed by atoms with van der Waals surface area (Å²) in [5.74, 6) is 0. The Kier molecular flexibility index (Phi) is 9.26. The molecule has 4 nitrogen and oxygen atoms in total. The highest BCUT2D eigenvalue weighted by molar-refractivity contribution is 5.25. The molecule has 2 N–H and O–H groups in total. The summed E-state index contributed by atoms with van der Waals surface area (Å²) in [7, 11) is 0. The van der Waals surface area contributed by atoms with Crippen LogP contribution in [0.4, 0.5) is 0 Å². The van der Waals surface area contributed by atoms with E-state index in [1.165, 1.54) is 77.5 Å². The van der Waals surface area contributed by atoms with Crippen molar-refractivity contribution in [2.45, 2.75) is 76.4 Å². The minimum atomic E-state index is -0.411. The maximum Gasteiger partial charge on any atom is 0.0802 e. The number of nitrogens with zero attached hydrogens (tertiary/aromatic N) is 2. The summed E-state index contributed by atoms with van der Waals surface area (Å²) in [6.45, 7) is 6.65. The van der Waals surface area contributed by atoms with Crippen LogP contribution in [-0.4, -0.2) is 59.3 Å². The second-order valence-electron chi connectivity index (χ2n) is 8.79. The Hall–Kier alpha value is -0.940. The Balaban J connectivity index is 1.42. The summed E-state index contributed by atoms with van der Waals surface area (Å²) in [5.41, 5.74) is 1.94. The lowest BCUT2D eigenvalue weighted by atomic mass is 10.0. The molecule has 3 rings (SSSR count). The van der Waals surface area contributed by atoms with Gasteiger partial charge < -0.3 is 20.0 Å². The first kappa shape index (κ1) is 21.8. The highest BCUT2D eigenvalue weighted by atomic mass is 16.3. The van der Waals surface area contributed by atoms with Gasteiger partial charge in [0.05, 0.1) is 12.2 Å². The molecule has 2 atom stereocenters. The lowest BCUT2D eigenvalue weighted by Gasteiger charge is -2.22. The van der Waals surface area contributed by atoms with E-state index in [2.05, 4.69) is 9.80 Å². The van der Waals surface area contributed by atoms with Crippen LogP contribution in [0.15, 0.2) is 24.3 Å². The average Bonchev–Trinajstić information content (AvgIpc) is 3.15. The van der Waals surface area contributed by atoms with E-state index in [0.29, 0.717) is 0 Å². The van der Waals surface area contributed by atoms with Gasteiger partial charge in [0.1, 0.15) is 0 Å². The van der Waals surface area contributed by atoms with Gasteiger partial charge >= 0.3 is 0 Å². The van der Waals surface area contributed by atoms with Crippen LogP contribution in [0.5, 0.6) is 0 Å². The van der Waals surface area contributed by atoms with Gasteiger partial charge in [-0.25, -0.2) is 0 Å². The van der Waals surface area contributed by atoms with Gasteiger partial charge in [-0.1, -0.05) is 49.9 Å². The van der Waals surface area contributed by atoms with Crippen LogP contribution in [0, 0.1) is 0 Å². The molecule has 2 saturated heterocycles. The number of hydrogen-bond donors (Lipinski definition) is 2. The van der Waals surface area contributed by atoms with Crippen LogP contribution in [0.1, 0.15) is 87.5 Å². The van der Waals surface area contributed by atoms with E-state index in [9.17, 15) is 10.2 Å². The molecule has 0 bridgehead atoms. The Morgan fingerprint density at radius 2 is 0.893 bits per heavy atom. The monoisotopic (exact) mass is 388 g/mol. The van der Waals surface area contributed by atoms with Crippen molar-refractivity contribution in [3.8, 4) is 0 Å². The van der Waals surface area contributed by atoms with Crippen molar-refractivity contribution >= 4 is 0 Å². The quantitative estimate of drug-likeness (QED) is 0.698. The second kappa shape index (κ2) is 11.9. The minimum Gasteiger partial charge on any atom is -0.388 e. The Labute approximate surface area is 171 Å². The zero-order valence-corrected chi connectivity index (χ0v) is 17.6. The maximum absolute atomic E-state index is 10.6. The molecule has 0 saturated carbocycles. The molecule has 0 aliphatic carbocycles. The van der Waals surface area contributed by atoms with Crippen LogP contribution in [-0.2, 0) is 0 Å². The van der Waals surface area contributed by atoms with Gasteiger partial charge in [0.15, 0.2) is 0 Å². The van der Waals surface area contributed by atoms with Gasteiger partial charge in [0.25, 0.3) is 0 Å². The molecular weight excluding hydrogens is 348 g/mol. The molecule has 1 aromatic rings. The fraction of sp³-hybridized carbons (Fsp3) is 0.750. The standard InChI is InChI=1S/C24H40N2O2/c27-23(13-19-25-15-5-1-2-6-16-25)21-9-11-22(12-10-21)24(28)14-20-26-17-7-3-4-8-18-26/h9-12,23-24,27-28H,1-8,13-20H2/t23-,24-/m1/s1. The smallest absolute Gasteiger partial charge is 0.0802 e. The minimum absolute atomic E-state index is 0.411. The van der Waals surface area contributed by atoms with Crippen molar-refractivity contribution in [3.05, 3.63) is 35.4 Å². The topological polar surface area (TPSA) is 46.9 Å². The fourth-order valence-electron chi connectivity index (χ4n) is 4.60. The molecule has 28 heavy (non-hydrogen) atoms. The largest absolute Gasteiger partial charge is 0.388 e. The van der Waals surface area contributed by atoms with E-state index < -0.39 is 12.2 Å². The van der Waals surface area contributed by atoms with Crippen molar-refractivity contribution in [2.24, 2.45) is 0 Å². The van der Waals surface area contributed by atoms with E-state index in [1.54, 1.807) is 0 Å². The highest BCUT2D eigenvalue weighted by Crippen LogP contribution is 2.23. The first-order valence-corrected chi connectivity index (χ1v) is 11.6. The van der Waals surface area contributed by atoms with Crippen LogP contribution in [0.25, 0.3) is 0 Å². The van der Waals surface area contributed by atoms with Gasteiger partial charge in [-0.3, -0.25) is 0 Å². The number of rotatable bonds is 8. The molecule has 158 valence electrons. The fourth-order valence-corrected chi connectivity index (χ4v) is 4.60. The molecule has 0 radical (unpaired) electrons. The van der Waals surface area contributed by atoms with Gasteiger partial charge in [-0.15, -0.1) is 0 Å². The molecular formula is C24H40N2O2. The Morgan fingerprint density at radius 1 is 0.571 bits per heavy atom. The first-order chi connectivity index (χ1) is 13.7. The second-order valence-corrected chi connectivity index (χ2v) is 8.79. The van der Waals surface area contributed by atoms with E-state index in [-0.39, 0.29) is 0 Å². The summed E-state index contributed by atoms with van der Waals surface area (Å²) in [5, 5.41) is 21.1. The zero-order chi connectivity index (χ0) is 19.6. The van der Waals surface area contributed by atoms with Crippen molar-refractivity contribution < 1.29 is 10.2 Å². The van der Waals surface area contributed by atoms with Crippen molar-refractivity contribution in [2.75, 3.05) is 39.3 Å². The summed E-state index contributed by atoms with van der Waals surface area (Å²) in [6, 6.07) is 7.99. The predicted molar refractivity (Wildman–Crippen MR) is 115 cm³/mol. The van der Waals surface area contributed by atoms with Gasteiger partial charge in [0, 0.05) is 13.1 Å². The third-order valence-corrected chi connectivity index (χ3v) is 6.54. The van der Waals surface area contributed by atoms with Crippen molar-refractivity contribution in [1.82, 2.24) is 9.80 Å². The highest BCUT2D eigenvalue weighted by Gasteiger charge is 2.15. The van der Waals surface area contributed by atoms with Crippen LogP contribution < -0.4 is 0 Å². The predicted octanol–water partition coefficient (Wildman–Crippen LogP) is 4.29. The van der Waals surface area contributed by atoms with E-state index in [4.69, 9.17) is 0 Å². The van der Waals surface area contributed by atoms with Crippen molar-refractivity contribution in [3.63, 3.8) is 0 Å². The van der Waals surface area contributed by atoms with Crippen molar-refractivity contribution in [1.29, 1.82) is 0 Å². The third kappa shape index (κ3) is 7.14. The summed E-state index contributed by atoms with van der Waals surface area (Å²) in [6.07, 6.45) is 11.3. The molecule has 2 aliphatic heterocycles. The van der Waals surface area contributed by atoms with E-state index >= 15 is 0 Å². The summed E-state index contributed by atoms with van der Waals surface area (Å²) < 4.78 is 0. The first-order valence-electron chi connectivity index (χ1n) is 11.6. The maximum atomic E-state index is 10.6. The molecule has 1 aromatic carbocycles. The lowest BCUT2D eigenvalue weighted by Crippen LogP contribution is -2.27. The Morgan fingerprint density at radius 3 is 1.21 bits per heavy atom. The molecule has 0 spiro atoms. The molecule has 4 heteroatoms. The number of benzene rings is 1. The van der Waals surface area contributed by atoms with E-state index in [0.717, 1.165) is 37.1 Å². The molecule has 0 unspecified atom stereocenters. The average molecular weight is 389 g/mol. The van der Waals surface area contributed by atoms with E-state index in [1.807, 2.05) is 24.3 Å². The SMILES string of the molecule is O[C@H](CCN1CCCCCC1)c1ccc([C@H](O)CCN2CCCCCC2)cc1. The zero-order valence-electron chi connectivity index (χ0n) is 17.6. The lowest BCUT2D eigenvalue weighted by molar-refractivity contribution is 0.140. The molecule has 2 heterocycles. The number of likely N-dealkylation sites (tertiary alicyclic amines) is 2. The van der Waals surface area contributed by atoms with Crippen LogP contribution >= 0.6 is 0 Å². The number of aliphatic hydroxyl groups is 2. The van der Waals surface area contributed by atoms with Gasteiger partial charge in [-0.05, 0) is 75.8 Å². The Bertz CT molecular complexity index is 483. The molecule has 2 aliphatic rings. The molecule has 0 amide bonds. The number of hydrogen-bond acceptors (Lipinski definition) is 4. The van der Waals surface area contributed by atoms with Crippen LogP contribution in [0.3, 0.4) is 0 Å². The van der Waals surface area contributed by atoms with Gasteiger partial charge in [-0.2, -0.15) is 0 Å². The third-order valence-electron chi connectivity index (χ3n) is 6.54. The van der Waals surface area contributed by atoms with Crippen LogP contribution in [0.2, 0.25) is 0 Å². The number of aliphatic hydroxyl groups excluding tert-OH is 2. The summed E-state index contributed by atoms with van der Waals surface area (Å²) >= 11 is 0. The van der Waals surface area contributed by atoms with Gasteiger partial charge in [0.2, 0.25) is 0 Å². The molecule has 0 aromatic heterocycles.